The summed E-state index contributed by atoms with van der Waals surface area (Å²) in [5.74, 6) is -0.369. The molecule has 2 aromatic carbocycles. The van der Waals surface area contributed by atoms with Crippen molar-refractivity contribution in [1.82, 2.24) is 0 Å². The van der Waals surface area contributed by atoms with Crippen LogP contribution in [0.5, 0.6) is 0 Å². The molecule has 0 bridgehead atoms. The molecule has 0 spiro atoms. The second-order valence-corrected chi connectivity index (χ2v) is 14.9. The van der Waals surface area contributed by atoms with E-state index >= 15 is 4.39 Å². The van der Waals surface area contributed by atoms with Gasteiger partial charge in [0.15, 0.2) is 8.32 Å². The van der Waals surface area contributed by atoms with E-state index in [1.807, 2.05) is 30.3 Å². The lowest BCUT2D eigenvalue weighted by Gasteiger charge is -2.40. The average Bonchev–Trinajstić information content (AvgIpc) is 3.06. The van der Waals surface area contributed by atoms with Crippen LogP contribution >= 0.6 is 22.6 Å². The summed E-state index contributed by atoms with van der Waals surface area (Å²) in [7, 11) is -2.21. The number of halogens is 2. The summed E-state index contributed by atoms with van der Waals surface area (Å²) in [5, 5.41) is 11.8. The van der Waals surface area contributed by atoms with Gasteiger partial charge in [-0.2, -0.15) is 0 Å². The maximum absolute atomic E-state index is 15.0. The smallest absolute Gasteiger partial charge is 0.192 e. The molecule has 1 heterocycles. The number of aliphatic hydroxyl groups is 1. The van der Waals surface area contributed by atoms with Crippen LogP contribution in [0.25, 0.3) is 11.0 Å². The van der Waals surface area contributed by atoms with Crippen molar-refractivity contribution in [3.05, 3.63) is 69.2 Å². The summed E-state index contributed by atoms with van der Waals surface area (Å²) >= 11 is 2.22. The van der Waals surface area contributed by atoms with E-state index < -0.39 is 20.5 Å². The predicted molar refractivity (Wildman–Crippen MR) is 126 cm³/mol. The lowest BCUT2D eigenvalue weighted by atomic mass is 9.98. The zero-order chi connectivity index (χ0) is 21.4. The minimum Gasteiger partial charge on any atom is -0.464 e. The Hall–Kier alpha value is -1.22. The summed E-state index contributed by atoms with van der Waals surface area (Å²) in [6.45, 7) is 10.8. The van der Waals surface area contributed by atoms with Crippen molar-refractivity contribution in [3.8, 4) is 0 Å². The van der Waals surface area contributed by atoms with E-state index in [2.05, 4.69) is 56.5 Å². The van der Waals surface area contributed by atoms with Gasteiger partial charge in [-0.15, -0.1) is 0 Å². The molecule has 1 N–H and O–H groups in total. The molecule has 0 saturated carbocycles. The first-order chi connectivity index (χ1) is 13.5. The maximum atomic E-state index is 15.0. The van der Waals surface area contributed by atoms with Crippen LogP contribution in [0.3, 0.4) is 0 Å². The summed E-state index contributed by atoms with van der Waals surface area (Å²) in [6.07, 6.45) is 0.532. The lowest BCUT2D eigenvalue weighted by molar-refractivity contribution is 0.0838. The van der Waals surface area contributed by atoms with Crippen LogP contribution in [0, 0.1) is 9.39 Å². The Balaban J connectivity index is 2.01. The van der Waals surface area contributed by atoms with E-state index in [-0.39, 0.29) is 17.3 Å². The Bertz CT molecular complexity index is 993. The highest BCUT2D eigenvalue weighted by molar-refractivity contribution is 14.1. The highest BCUT2D eigenvalue weighted by Crippen LogP contribution is 2.43. The third-order valence-electron chi connectivity index (χ3n) is 5.86. The van der Waals surface area contributed by atoms with Crippen molar-refractivity contribution in [3.63, 3.8) is 0 Å². The van der Waals surface area contributed by atoms with Crippen LogP contribution in [-0.2, 0) is 4.43 Å². The molecule has 6 heteroatoms. The minimum atomic E-state index is -2.21. The number of hydrogen-bond donors (Lipinski definition) is 1. The third kappa shape index (κ3) is 4.92. The fraction of sp³-hybridized carbons (Fsp3) is 0.391. The fourth-order valence-electron chi connectivity index (χ4n) is 3.10. The number of fused-ring (bicyclic) bond motifs is 1. The molecule has 3 aromatic rings. The first-order valence-electron chi connectivity index (χ1n) is 9.76. The maximum Gasteiger partial charge on any atom is 0.192 e. The molecule has 0 unspecified atom stereocenters. The zero-order valence-corrected chi connectivity index (χ0v) is 20.7. The SMILES string of the molecule is CC(C)(C)[Si](C)(C)O[C@H](C[C@@H](O)c1ccccc1I)c1cc2ccoc2cc1F. The van der Waals surface area contributed by atoms with Gasteiger partial charge in [-0.05, 0) is 64.5 Å². The van der Waals surface area contributed by atoms with Crippen LogP contribution in [0.15, 0.2) is 53.1 Å². The van der Waals surface area contributed by atoms with Gasteiger partial charge in [0.25, 0.3) is 0 Å². The van der Waals surface area contributed by atoms with E-state index in [1.165, 1.54) is 6.07 Å². The van der Waals surface area contributed by atoms with E-state index in [9.17, 15) is 5.11 Å². The first kappa shape index (κ1) is 22.5. The number of hydrogen-bond acceptors (Lipinski definition) is 3. The lowest BCUT2D eigenvalue weighted by Crippen LogP contribution is -2.42. The van der Waals surface area contributed by atoms with Crippen LogP contribution in [0.4, 0.5) is 4.39 Å². The summed E-state index contributed by atoms with van der Waals surface area (Å²) < 4.78 is 28.0. The van der Waals surface area contributed by atoms with Gasteiger partial charge in [0.05, 0.1) is 18.5 Å². The molecule has 0 aliphatic rings. The molecule has 0 radical (unpaired) electrons. The Labute approximate surface area is 186 Å². The number of rotatable bonds is 6. The Morgan fingerprint density at radius 1 is 1.14 bits per heavy atom. The molecule has 0 aliphatic heterocycles. The fourth-order valence-corrected chi connectivity index (χ4v) is 5.13. The van der Waals surface area contributed by atoms with Gasteiger partial charge < -0.3 is 13.9 Å². The summed E-state index contributed by atoms with van der Waals surface area (Å²) in [5.41, 5.74) is 1.81. The summed E-state index contributed by atoms with van der Waals surface area (Å²) in [4.78, 5) is 0. The Morgan fingerprint density at radius 2 is 1.83 bits per heavy atom. The molecule has 0 saturated heterocycles. The van der Waals surface area contributed by atoms with Crippen LogP contribution in [0.1, 0.15) is 50.5 Å². The van der Waals surface area contributed by atoms with Crippen LogP contribution in [-0.4, -0.2) is 13.4 Å². The third-order valence-corrected chi connectivity index (χ3v) is 11.3. The van der Waals surface area contributed by atoms with Gasteiger partial charge in [-0.25, -0.2) is 4.39 Å². The van der Waals surface area contributed by atoms with E-state index in [0.29, 0.717) is 11.1 Å². The molecule has 1 aromatic heterocycles. The number of aliphatic hydroxyl groups excluding tert-OH is 1. The van der Waals surface area contributed by atoms with E-state index in [4.69, 9.17) is 8.84 Å². The molecule has 156 valence electrons. The topological polar surface area (TPSA) is 42.6 Å². The van der Waals surface area contributed by atoms with Crippen molar-refractivity contribution in [2.75, 3.05) is 0 Å². The minimum absolute atomic E-state index is 0.0341. The monoisotopic (exact) mass is 526 g/mol. The molecule has 3 nitrogen and oxygen atoms in total. The van der Waals surface area contributed by atoms with Gasteiger partial charge in [0.1, 0.15) is 11.4 Å². The Kier molecular flexibility index (Phi) is 6.58. The van der Waals surface area contributed by atoms with Crippen LogP contribution < -0.4 is 0 Å². The first-order valence-corrected chi connectivity index (χ1v) is 13.8. The predicted octanol–water partition coefficient (Wildman–Crippen LogP) is 7.36. The Morgan fingerprint density at radius 3 is 2.48 bits per heavy atom. The van der Waals surface area contributed by atoms with Gasteiger partial charge in [-0.1, -0.05) is 39.0 Å². The molecule has 0 aliphatic carbocycles. The normalized spacial score (nSPS) is 14.9. The molecular formula is C23H28FIO3Si. The quantitative estimate of drug-likeness (QED) is 0.270. The van der Waals surface area contributed by atoms with Crippen molar-refractivity contribution in [2.24, 2.45) is 0 Å². The van der Waals surface area contributed by atoms with Crippen molar-refractivity contribution < 1.29 is 18.3 Å². The molecular weight excluding hydrogens is 498 g/mol. The highest BCUT2D eigenvalue weighted by Gasteiger charge is 2.40. The highest BCUT2D eigenvalue weighted by atomic mass is 127. The van der Waals surface area contributed by atoms with E-state index in [1.54, 1.807) is 12.3 Å². The van der Waals surface area contributed by atoms with Crippen molar-refractivity contribution in [1.29, 1.82) is 0 Å². The van der Waals surface area contributed by atoms with Gasteiger partial charge in [0, 0.05) is 27.0 Å². The molecule has 0 fully saturated rings. The molecule has 2 atom stereocenters. The average molecular weight is 526 g/mol. The molecule has 29 heavy (non-hydrogen) atoms. The van der Waals surface area contributed by atoms with Crippen molar-refractivity contribution >= 4 is 41.9 Å². The largest absolute Gasteiger partial charge is 0.464 e. The standard InChI is InChI=1S/C23H28FIO3Si/c1-23(2,3)29(4,5)28-22(14-20(26)16-8-6-7-9-19(16)25)17-12-15-10-11-27-21(15)13-18(17)24/h6-13,20,22,26H,14H2,1-5H3/t20-,22-/m1/s1. The second kappa shape index (κ2) is 8.49. The molecule has 0 amide bonds. The zero-order valence-electron chi connectivity index (χ0n) is 17.5. The van der Waals surface area contributed by atoms with Gasteiger partial charge in [0.2, 0.25) is 0 Å². The summed E-state index contributed by atoms with van der Waals surface area (Å²) in [6, 6.07) is 12.7. The van der Waals surface area contributed by atoms with Crippen molar-refractivity contribution in [2.45, 2.75) is 57.5 Å². The number of benzene rings is 2. The second-order valence-electron chi connectivity index (χ2n) is 8.97. The van der Waals surface area contributed by atoms with E-state index in [0.717, 1.165) is 14.5 Å². The van der Waals surface area contributed by atoms with Gasteiger partial charge >= 0.3 is 0 Å². The van der Waals surface area contributed by atoms with Gasteiger partial charge in [-0.3, -0.25) is 0 Å². The van der Waals surface area contributed by atoms with Crippen LogP contribution in [0.2, 0.25) is 18.1 Å². The number of furan rings is 1. The molecule has 3 rings (SSSR count).